The molecule has 180 valence electrons. The first-order chi connectivity index (χ1) is 15.8. The first kappa shape index (κ1) is 23.9. The SMILES string of the molecule is CC1CCCCN1CCNC(=O)c1cc(=O)[nH]c2ccc(S(=O)(=O)N3CCCCC3C)cc12. The van der Waals surface area contributed by atoms with Crippen LogP contribution >= 0.6 is 0 Å². The number of aromatic amines is 1. The highest BCUT2D eigenvalue weighted by atomic mass is 32.2. The second-order valence-corrected chi connectivity index (χ2v) is 11.2. The molecule has 1 aromatic carbocycles. The van der Waals surface area contributed by atoms with Crippen LogP contribution < -0.4 is 10.9 Å². The predicted molar refractivity (Wildman–Crippen MR) is 129 cm³/mol. The number of rotatable bonds is 6. The summed E-state index contributed by atoms with van der Waals surface area (Å²) < 4.78 is 28.2. The van der Waals surface area contributed by atoms with Crippen LogP contribution in [-0.4, -0.2) is 66.8 Å². The van der Waals surface area contributed by atoms with E-state index in [0.29, 0.717) is 30.0 Å². The van der Waals surface area contributed by atoms with Crippen molar-refractivity contribution in [2.24, 2.45) is 0 Å². The van der Waals surface area contributed by atoms with Gasteiger partial charge in [0.1, 0.15) is 0 Å². The Kier molecular flexibility index (Phi) is 7.21. The molecule has 2 N–H and O–H groups in total. The summed E-state index contributed by atoms with van der Waals surface area (Å²) in [5, 5.41) is 3.36. The third-order valence-electron chi connectivity index (χ3n) is 7.03. The summed E-state index contributed by atoms with van der Waals surface area (Å²) in [6.07, 6.45) is 6.28. The van der Waals surface area contributed by atoms with Crippen molar-refractivity contribution in [3.8, 4) is 0 Å². The number of hydrogen-bond donors (Lipinski definition) is 2. The van der Waals surface area contributed by atoms with Crippen LogP contribution in [0.2, 0.25) is 0 Å². The zero-order valence-electron chi connectivity index (χ0n) is 19.5. The number of benzene rings is 1. The van der Waals surface area contributed by atoms with Gasteiger partial charge in [0.25, 0.3) is 5.91 Å². The van der Waals surface area contributed by atoms with Crippen molar-refractivity contribution in [2.75, 3.05) is 26.2 Å². The molecule has 1 amide bonds. The van der Waals surface area contributed by atoms with Gasteiger partial charge in [0, 0.05) is 48.7 Å². The Morgan fingerprint density at radius 1 is 1.06 bits per heavy atom. The van der Waals surface area contributed by atoms with Crippen molar-refractivity contribution in [3.05, 3.63) is 40.2 Å². The van der Waals surface area contributed by atoms with Crippen molar-refractivity contribution in [3.63, 3.8) is 0 Å². The quantitative estimate of drug-likeness (QED) is 0.670. The highest BCUT2D eigenvalue weighted by Gasteiger charge is 2.31. The molecule has 2 aliphatic heterocycles. The van der Waals surface area contributed by atoms with Crippen molar-refractivity contribution in [1.82, 2.24) is 19.5 Å². The van der Waals surface area contributed by atoms with Crippen LogP contribution in [-0.2, 0) is 10.0 Å². The van der Waals surface area contributed by atoms with Gasteiger partial charge in [-0.3, -0.25) is 14.5 Å². The molecule has 0 bridgehead atoms. The first-order valence-electron chi connectivity index (χ1n) is 12.0. The van der Waals surface area contributed by atoms with E-state index in [0.717, 1.165) is 32.4 Å². The fourth-order valence-corrected chi connectivity index (χ4v) is 6.77. The Morgan fingerprint density at radius 3 is 2.52 bits per heavy atom. The fourth-order valence-electron chi connectivity index (χ4n) is 5.04. The standard InChI is InChI=1S/C24H34N4O4S/c1-17-7-3-5-12-27(17)14-11-25-24(30)21-16-23(29)26-22-10-9-19(15-20(21)22)33(31,32)28-13-6-4-8-18(28)2/h9-10,15-18H,3-8,11-14H2,1-2H3,(H,25,30)(H,26,29). The molecule has 2 atom stereocenters. The van der Waals surface area contributed by atoms with Crippen LogP contribution in [0.1, 0.15) is 62.7 Å². The Balaban J connectivity index is 1.58. The normalized spacial score (nSPS) is 23.0. The lowest BCUT2D eigenvalue weighted by molar-refractivity contribution is 0.0940. The molecule has 2 aliphatic rings. The van der Waals surface area contributed by atoms with Gasteiger partial charge in [0.2, 0.25) is 15.6 Å². The van der Waals surface area contributed by atoms with E-state index in [-0.39, 0.29) is 22.4 Å². The summed E-state index contributed by atoms with van der Waals surface area (Å²) in [6.45, 7) is 6.88. The Bertz CT molecular complexity index is 1180. The van der Waals surface area contributed by atoms with Crippen LogP contribution in [0.25, 0.3) is 10.9 Å². The largest absolute Gasteiger partial charge is 0.351 e. The maximum absolute atomic E-state index is 13.3. The van der Waals surface area contributed by atoms with E-state index in [9.17, 15) is 18.0 Å². The Labute approximate surface area is 195 Å². The number of carbonyl (C=O) groups excluding carboxylic acids is 1. The third-order valence-corrected chi connectivity index (χ3v) is 9.04. The summed E-state index contributed by atoms with van der Waals surface area (Å²) in [4.78, 5) is 30.4. The zero-order valence-corrected chi connectivity index (χ0v) is 20.3. The van der Waals surface area contributed by atoms with E-state index < -0.39 is 15.6 Å². The van der Waals surface area contributed by atoms with Crippen molar-refractivity contribution in [2.45, 2.75) is 69.4 Å². The van der Waals surface area contributed by atoms with Crippen molar-refractivity contribution >= 4 is 26.8 Å². The van der Waals surface area contributed by atoms with Gasteiger partial charge in [-0.25, -0.2) is 8.42 Å². The maximum atomic E-state index is 13.3. The van der Waals surface area contributed by atoms with Gasteiger partial charge in [0.15, 0.2) is 0 Å². The molecule has 8 nitrogen and oxygen atoms in total. The number of likely N-dealkylation sites (tertiary alicyclic amines) is 1. The monoisotopic (exact) mass is 474 g/mol. The maximum Gasteiger partial charge on any atom is 0.252 e. The number of aromatic nitrogens is 1. The van der Waals surface area contributed by atoms with E-state index in [2.05, 4.69) is 22.1 Å². The van der Waals surface area contributed by atoms with Crippen LogP contribution in [0.5, 0.6) is 0 Å². The number of fused-ring (bicyclic) bond motifs is 1. The molecule has 9 heteroatoms. The smallest absolute Gasteiger partial charge is 0.252 e. The molecule has 3 heterocycles. The average Bonchev–Trinajstić information content (AvgIpc) is 2.79. The molecule has 33 heavy (non-hydrogen) atoms. The van der Waals surface area contributed by atoms with E-state index in [4.69, 9.17) is 0 Å². The summed E-state index contributed by atoms with van der Waals surface area (Å²) in [6, 6.07) is 6.29. The highest BCUT2D eigenvalue weighted by Crippen LogP contribution is 2.27. The van der Waals surface area contributed by atoms with Gasteiger partial charge < -0.3 is 10.3 Å². The second-order valence-electron chi connectivity index (χ2n) is 9.35. The summed E-state index contributed by atoms with van der Waals surface area (Å²) in [7, 11) is -3.69. The minimum atomic E-state index is -3.69. The molecular formula is C24H34N4O4S. The number of amides is 1. The number of H-pyrrole nitrogens is 1. The molecule has 0 saturated carbocycles. The number of nitrogens with one attached hydrogen (secondary N) is 2. The molecule has 2 aromatic rings. The number of sulfonamides is 1. The zero-order chi connectivity index (χ0) is 23.6. The van der Waals surface area contributed by atoms with Gasteiger partial charge in [-0.1, -0.05) is 12.8 Å². The molecule has 0 spiro atoms. The molecule has 1 aromatic heterocycles. The van der Waals surface area contributed by atoms with E-state index >= 15 is 0 Å². The van der Waals surface area contributed by atoms with E-state index in [1.54, 1.807) is 10.4 Å². The van der Waals surface area contributed by atoms with Crippen molar-refractivity contribution in [1.29, 1.82) is 0 Å². The van der Waals surface area contributed by atoms with Crippen molar-refractivity contribution < 1.29 is 13.2 Å². The molecule has 0 radical (unpaired) electrons. The lowest BCUT2D eigenvalue weighted by atomic mass is 10.0. The minimum absolute atomic E-state index is 0.0602. The molecule has 0 aliphatic carbocycles. The van der Waals surface area contributed by atoms with E-state index in [1.807, 2.05) is 6.92 Å². The predicted octanol–water partition coefficient (Wildman–Crippen LogP) is 2.70. The Hall–Kier alpha value is -2.23. The van der Waals surface area contributed by atoms with Gasteiger partial charge >= 0.3 is 0 Å². The van der Waals surface area contributed by atoms with Gasteiger partial charge in [0.05, 0.1) is 10.5 Å². The third kappa shape index (κ3) is 5.15. The first-order valence-corrected chi connectivity index (χ1v) is 13.4. The van der Waals surface area contributed by atoms with Gasteiger partial charge in [-0.2, -0.15) is 4.31 Å². The lowest BCUT2D eigenvalue weighted by Gasteiger charge is -2.33. The highest BCUT2D eigenvalue weighted by molar-refractivity contribution is 7.89. The minimum Gasteiger partial charge on any atom is -0.351 e. The number of pyridine rings is 1. The topological polar surface area (TPSA) is 103 Å². The summed E-state index contributed by atoms with van der Waals surface area (Å²) >= 11 is 0. The average molecular weight is 475 g/mol. The van der Waals surface area contributed by atoms with Crippen LogP contribution in [0.3, 0.4) is 0 Å². The molecule has 4 rings (SSSR count). The lowest BCUT2D eigenvalue weighted by Crippen LogP contribution is -2.42. The molecule has 2 saturated heterocycles. The van der Waals surface area contributed by atoms with Crippen LogP contribution in [0.15, 0.2) is 34.0 Å². The number of piperidine rings is 2. The number of carbonyl (C=O) groups is 1. The Morgan fingerprint density at radius 2 is 1.79 bits per heavy atom. The van der Waals surface area contributed by atoms with Crippen LogP contribution in [0, 0.1) is 0 Å². The van der Waals surface area contributed by atoms with Crippen LogP contribution in [0.4, 0.5) is 0 Å². The fraction of sp³-hybridized carbons (Fsp3) is 0.583. The van der Waals surface area contributed by atoms with Gasteiger partial charge in [-0.15, -0.1) is 0 Å². The number of nitrogens with zero attached hydrogens (tertiary/aromatic N) is 2. The van der Waals surface area contributed by atoms with Gasteiger partial charge in [-0.05, 0) is 64.3 Å². The molecular weight excluding hydrogens is 440 g/mol. The summed E-state index contributed by atoms with van der Waals surface area (Å²) in [5.74, 6) is -0.364. The second kappa shape index (κ2) is 9.95. The number of hydrogen-bond acceptors (Lipinski definition) is 5. The molecule has 2 unspecified atom stereocenters. The summed E-state index contributed by atoms with van der Waals surface area (Å²) in [5.41, 5.74) is 0.254. The van der Waals surface area contributed by atoms with E-state index in [1.165, 1.54) is 37.5 Å². The molecule has 2 fully saturated rings.